The van der Waals surface area contributed by atoms with Gasteiger partial charge in [0.25, 0.3) is 0 Å². The Morgan fingerprint density at radius 3 is 2.00 bits per heavy atom. The second-order valence-corrected chi connectivity index (χ2v) is 2.19. The molecular weight excluding hydrogens is 118 g/mol. The Bertz CT molecular complexity index is 101. The Hall–Kier alpha value is -0.860. The molecule has 1 N–H and O–H groups in total. The molecule has 0 aromatic carbocycles. The summed E-state index contributed by atoms with van der Waals surface area (Å²) in [4.78, 5) is 19.9. The first-order chi connectivity index (χ1) is 4.22. The summed E-state index contributed by atoms with van der Waals surface area (Å²) in [5, 5.41) is 2.38. The first-order valence-electron chi connectivity index (χ1n) is 2.87. The van der Waals surface area contributed by atoms with E-state index in [2.05, 4.69) is 5.32 Å². The number of amides is 1. The van der Waals surface area contributed by atoms with Crippen LogP contribution in [0.1, 0.15) is 13.8 Å². The van der Waals surface area contributed by atoms with Gasteiger partial charge >= 0.3 is 0 Å². The van der Waals surface area contributed by atoms with E-state index in [-0.39, 0.29) is 12.0 Å². The molecule has 3 heteroatoms. The summed E-state index contributed by atoms with van der Waals surface area (Å²) in [5.41, 5.74) is 0. The monoisotopic (exact) mass is 129 g/mol. The second-order valence-electron chi connectivity index (χ2n) is 2.19. The lowest BCUT2D eigenvalue weighted by atomic mass is 10.1. The maximum Gasteiger partial charge on any atom is 0.207 e. The van der Waals surface area contributed by atoms with Crippen LogP contribution in [0.4, 0.5) is 0 Å². The summed E-state index contributed by atoms with van der Waals surface area (Å²) in [6, 6.07) is -0.331. The third kappa shape index (κ3) is 2.85. The Morgan fingerprint density at radius 1 is 1.33 bits per heavy atom. The zero-order valence-electron chi connectivity index (χ0n) is 5.63. The van der Waals surface area contributed by atoms with Gasteiger partial charge < -0.3 is 10.1 Å². The topological polar surface area (TPSA) is 46.2 Å². The fraction of sp³-hybridized carbons (Fsp3) is 0.667. The van der Waals surface area contributed by atoms with Crippen molar-refractivity contribution in [3.63, 3.8) is 0 Å². The third-order valence-corrected chi connectivity index (χ3v) is 1.13. The first kappa shape index (κ1) is 8.14. The summed E-state index contributed by atoms with van der Waals surface area (Å²) in [6.45, 7) is 3.74. The van der Waals surface area contributed by atoms with Gasteiger partial charge in [-0.2, -0.15) is 0 Å². The van der Waals surface area contributed by atoms with Crippen molar-refractivity contribution < 1.29 is 9.59 Å². The first-order valence-corrected chi connectivity index (χ1v) is 2.87. The smallest absolute Gasteiger partial charge is 0.207 e. The average Bonchev–Trinajstić information content (AvgIpc) is 1.82. The molecule has 0 saturated carbocycles. The van der Waals surface area contributed by atoms with Crippen LogP contribution in [-0.2, 0) is 9.59 Å². The van der Waals surface area contributed by atoms with Gasteiger partial charge in [0, 0.05) is 0 Å². The zero-order chi connectivity index (χ0) is 7.28. The summed E-state index contributed by atoms with van der Waals surface area (Å²) in [7, 11) is 0. The Balaban J connectivity index is 3.66. The number of rotatable bonds is 4. The summed E-state index contributed by atoms with van der Waals surface area (Å²) < 4.78 is 0. The number of carbonyl (C=O) groups excluding carboxylic acids is 2. The fourth-order valence-electron chi connectivity index (χ4n) is 0.467. The molecule has 0 radical (unpaired) electrons. The van der Waals surface area contributed by atoms with Crippen LogP contribution < -0.4 is 5.32 Å². The number of aldehydes is 1. The molecule has 0 fully saturated rings. The highest BCUT2D eigenvalue weighted by Crippen LogP contribution is 1.95. The minimum atomic E-state index is -0.331. The van der Waals surface area contributed by atoms with Crippen LogP contribution in [0, 0.1) is 5.92 Å². The predicted octanol–water partition coefficient (Wildman–Crippen LogP) is -0.0441. The maximum absolute atomic E-state index is 10.1. The number of nitrogens with one attached hydrogen (secondary N) is 1. The molecule has 0 aliphatic carbocycles. The Morgan fingerprint density at radius 2 is 1.89 bits per heavy atom. The van der Waals surface area contributed by atoms with Crippen LogP contribution in [0.2, 0.25) is 0 Å². The largest absolute Gasteiger partial charge is 0.349 e. The minimum absolute atomic E-state index is 0.174. The standard InChI is InChI=1S/C6H11NO2/c1-5(2)6(3-8)7-4-9/h3-6H,1-2H3,(H,7,9). The van der Waals surface area contributed by atoms with Crippen LogP contribution in [0.25, 0.3) is 0 Å². The molecule has 0 saturated heterocycles. The van der Waals surface area contributed by atoms with E-state index in [9.17, 15) is 9.59 Å². The van der Waals surface area contributed by atoms with Crippen LogP contribution in [0.5, 0.6) is 0 Å². The van der Waals surface area contributed by atoms with Crippen molar-refractivity contribution in [1.29, 1.82) is 0 Å². The van der Waals surface area contributed by atoms with Gasteiger partial charge in [-0.25, -0.2) is 0 Å². The third-order valence-electron chi connectivity index (χ3n) is 1.13. The molecule has 1 unspecified atom stereocenters. The highest BCUT2D eigenvalue weighted by Gasteiger charge is 2.08. The quantitative estimate of drug-likeness (QED) is 0.541. The molecule has 0 spiro atoms. The molecule has 0 heterocycles. The molecule has 0 aliphatic rings. The van der Waals surface area contributed by atoms with E-state index in [0.717, 1.165) is 6.29 Å². The highest BCUT2D eigenvalue weighted by atomic mass is 16.1. The van der Waals surface area contributed by atoms with Gasteiger partial charge in [-0.3, -0.25) is 4.79 Å². The number of hydrogen-bond acceptors (Lipinski definition) is 2. The van der Waals surface area contributed by atoms with Crippen molar-refractivity contribution in [2.24, 2.45) is 5.92 Å². The molecule has 0 aliphatic heterocycles. The number of hydrogen-bond donors (Lipinski definition) is 1. The molecule has 0 aromatic heterocycles. The normalized spacial score (nSPS) is 12.8. The van der Waals surface area contributed by atoms with Crippen molar-refractivity contribution in [3.8, 4) is 0 Å². The zero-order valence-corrected chi connectivity index (χ0v) is 5.63. The fourth-order valence-corrected chi connectivity index (χ4v) is 0.467. The van der Waals surface area contributed by atoms with Crippen LogP contribution in [0.15, 0.2) is 0 Å². The van der Waals surface area contributed by atoms with Gasteiger partial charge in [-0.05, 0) is 5.92 Å². The van der Waals surface area contributed by atoms with Crippen LogP contribution >= 0.6 is 0 Å². The van der Waals surface area contributed by atoms with Crippen LogP contribution in [-0.4, -0.2) is 18.7 Å². The summed E-state index contributed by atoms with van der Waals surface area (Å²) >= 11 is 0. The maximum atomic E-state index is 10.1. The van der Waals surface area contributed by atoms with Gasteiger partial charge in [-0.1, -0.05) is 13.8 Å². The van der Waals surface area contributed by atoms with Crippen molar-refractivity contribution >= 4 is 12.7 Å². The van der Waals surface area contributed by atoms with E-state index in [1.54, 1.807) is 0 Å². The summed E-state index contributed by atoms with van der Waals surface area (Å²) in [6.07, 6.45) is 1.28. The molecule has 9 heavy (non-hydrogen) atoms. The SMILES string of the molecule is CC(C)C(C=O)NC=O. The molecule has 0 bridgehead atoms. The summed E-state index contributed by atoms with van der Waals surface area (Å²) in [5.74, 6) is 0.174. The lowest BCUT2D eigenvalue weighted by Crippen LogP contribution is -2.33. The molecular formula is C6H11NO2. The number of carbonyl (C=O) groups is 2. The van der Waals surface area contributed by atoms with E-state index in [1.807, 2.05) is 13.8 Å². The lowest BCUT2D eigenvalue weighted by molar-refractivity contribution is -0.116. The van der Waals surface area contributed by atoms with Gasteiger partial charge in [0.1, 0.15) is 6.29 Å². The Labute approximate surface area is 54.4 Å². The molecule has 0 rings (SSSR count). The van der Waals surface area contributed by atoms with E-state index >= 15 is 0 Å². The van der Waals surface area contributed by atoms with Gasteiger partial charge in [-0.15, -0.1) is 0 Å². The van der Waals surface area contributed by atoms with Gasteiger partial charge in [0.05, 0.1) is 6.04 Å². The highest BCUT2D eigenvalue weighted by molar-refractivity contribution is 5.63. The predicted molar refractivity (Wildman–Crippen MR) is 33.9 cm³/mol. The molecule has 1 atom stereocenters. The van der Waals surface area contributed by atoms with E-state index in [0.29, 0.717) is 6.41 Å². The average molecular weight is 129 g/mol. The van der Waals surface area contributed by atoms with E-state index in [4.69, 9.17) is 0 Å². The lowest BCUT2D eigenvalue weighted by Gasteiger charge is -2.11. The minimum Gasteiger partial charge on any atom is -0.349 e. The van der Waals surface area contributed by atoms with Gasteiger partial charge in [0.2, 0.25) is 6.41 Å². The molecule has 52 valence electrons. The van der Waals surface area contributed by atoms with Crippen molar-refractivity contribution in [2.45, 2.75) is 19.9 Å². The van der Waals surface area contributed by atoms with Crippen molar-refractivity contribution in [2.75, 3.05) is 0 Å². The van der Waals surface area contributed by atoms with Crippen molar-refractivity contribution in [1.82, 2.24) is 5.32 Å². The molecule has 3 nitrogen and oxygen atoms in total. The van der Waals surface area contributed by atoms with E-state index in [1.165, 1.54) is 0 Å². The van der Waals surface area contributed by atoms with Crippen molar-refractivity contribution in [3.05, 3.63) is 0 Å². The van der Waals surface area contributed by atoms with E-state index < -0.39 is 0 Å². The molecule has 0 aromatic rings. The van der Waals surface area contributed by atoms with Crippen LogP contribution in [0.3, 0.4) is 0 Å². The molecule has 1 amide bonds. The second kappa shape index (κ2) is 4.06. The Kier molecular flexibility index (Phi) is 3.67. The van der Waals surface area contributed by atoms with Gasteiger partial charge in [0.15, 0.2) is 0 Å².